The second-order valence-corrected chi connectivity index (χ2v) is 2.06. The summed E-state index contributed by atoms with van der Waals surface area (Å²) in [6.45, 7) is 0. The van der Waals surface area contributed by atoms with E-state index in [1.165, 1.54) is 0 Å². The van der Waals surface area contributed by atoms with Crippen molar-refractivity contribution in [3.63, 3.8) is 0 Å². The molecule has 0 saturated heterocycles. The molecule has 0 bridgehead atoms. The van der Waals surface area contributed by atoms with Crippen LogP contribution in [0.25, 0.3) is 11.1 Å². The monoisotopic (exact) mass is 121 g/mol. The summed E-state index contributed by atoms with van der Waals surface area (Å²) in [5.41, 5.74) is 2.14. The summed E-state index contributed by atoms with van der Waals surface area (Å²) in [6.07, 6.45) is 0. The van der Waals surface area contributed by atoms with Gasteiger partial charge in [0.1, 0.15) is 5.52 Å². The van der Waals surface area contributed by atoms with Crippen molar-refractivity contribution in [2.24, 2.45) is 7.05 Å². The molecule has 2 nitrogen and oxygen atoms in total. The van der Waals surface area contributed by atoms with Crippen molar-refractivity contribution in [3.05, 3.63) is 24.3 Å². The fraction of sp³-hybridized carbons (Fsp3) is 0.143. The van der Waals surface area contributed by atoms with E-state index in [1.54, 1.807) is 4.74 Å². The zero-order valence-corrected chi connectivity index (χ0v) is 5.16. The van der Waals surface area contributed by atoms with E-state index in [9.17, 15) is 0 Å². The number of hydrogen-bond donors (Lipinski definition) is 0. The zero-order chi connectivity index (χ0) is 6.27. The Morgan fingerprint density at radius 2 is 2.11 bits per heavy atom. The normalized spacial score (nSPS) is 10.8. The molecule has 2 heteroatoms. The minimum atomic E-state index is 0.972. The van der Waals surface area contributed by atoms with Crippen LogP contribution in [0.2, 0.25) is 0 Å². The highest BCUT2D eigenvalue weighted by atomic mass is 16.5. The molecule has 0 aliphatic rings. The first-order valence-corrected chi connectivity index (χ1v) is 2.88. The fourth-order valence-electron chi connectivity index (χ4n) is 0.952. The van der Waals surface area contributed by atoms with E-state index in [-0.39, 0.29) is 0 Å². The van der Waals surface area contributed by atoms with Gasteiger partial charge in [-0.15, -0.1) is 0 Å². The molecule has 0 radical (unpaired) electrons. The molecule has 0 fully saturated rings. The largest absolute Gasteiger partial charge is 0.377 e. The van der Waals surface area contributed by atoms with Crippen molar-refractivity contribution >= 4 is 11.1 Å². The maximum atomic E-state index is 5.12. The van der Waals surface area contributed by atoms with Gasteiger partial charge >= 0.3 is 0 Å². The first-order valence-electron chi connectivity index (χ1n) is 2.88. The van der Waals surface area contributed by atoms with Crippen LogP contribution in [0.1, 0.15) is 0 Å². The average molecular weight is 121 g/mol. The maximum Gasteiger partial charge on any atom is 0.181 e. The van der Waals surface area contributed by atoms with Crippen molar-refractivity contribution < 1.29 is 4.52 Å². The van der Waals surface area contributed by atoms with E-state index >= 15 is 0 Å². The molecule has 0 atom stereocenters. The highest BCUT2D eigenvalue weighted by Gasteiger charge is 2.00. The first-order chi connectivity index (χ1) is 4.38. The number of hydrogen-bond acceptors (Lipinski definition) is 1. The minimum absolute atomic E-state index is 0.972. The molecule has 0 N–H and O–H groups in total. The van der Waals surface area contributed by atoms with Crippen molar-refractivity contribution in [3.8, 4) is 0 Å². The third kappa shape index (κ3) is 0.499. The molecular formula is C7H7NO. The van der Waals surface area contributed by atoms with Crippen LogP contribution in [0.15, 0.2) is 28.8 Å². The van der Waals surface area contributed by atoms with Crippen LogP contribution >= 0.6 is 0 Å². The smallest absolute Gasteiger partial charge is 0.181 e. The number of rotatable bonds is 0. The Bertz CT molecular complexity index is 318. The Morgan fingerprint density at radius 1 is 1.33 bits per heavy atom. The second-order valence-electron chi connectivity index (χ2n) is 2.06. The lowest BCUT2D eigenvalue weighted by molar-refractivity contribution is 0.305. The van der Waals surface area contributed by atoms with Crippen LogP contribution in [0.4, 0.5) is 0 Å². The Hall–Kier alpha value is -1.18. The van der Waals surface area contributed by atoms with Crippen LogP contribution in [-0.2, 0) is 7.05 Å². The summed E-state index contributed by atoms with van der Waals surface area (Å²) in [6, 6.07) is 7.94. The Morgan fingerprint density at radius 3 is 2.67 bits per heavy atom. The van der Waals surface area contributed by atoms with Gasteiger partial charge in [-0.05, 0) is 12.1 Å². The first kappa shape index (κ1) is 4.68. The maximum absolute atomic E-state index is 5.12. The molecule has 0 spiro atoms. The Labute approximate surface area is 52.6 Å². The van der Waals surface area contributed by atoms with Gasteiger partial charge in [-0.25, -0.2) is 4.74 Å². The number of benzene rings is 1. The fourth-order valence-corrected chi connectivity index (χ4v) is 0.952. The molecule has 0 aliphatic carbocycles. The Kier molecular flexibility index (Phi) is 0.730. The average Bonchev–Trinajstić information content (AvgIpc) is 1.86. The lowest BCUT2D eigenvalue weighted by Gasteiger charge is -2.06. The molecular weight excluding hydrogens is 114 g/mol. The van der Waals surface area contributed by atoms with Gasteiger partial charge in [0.15, 0.2) is 5.58 Å². The number of fused-ring (bicyclic) bond motifs is 1. The predicted octanol–water partition coefficient (Wildman–Crippen LogP) is 1.77. The van der Waals surface area contributed by atoms with Crippen molar-refractivity contribution in [2.45, 2.75) is 0 Å². The van der Waals surface area contributed by atoms with Gasteiger partial charge in [-0.1, -0.05) is 12.1 Å². The van der Waals surface area contributed by atoms with Crippen LogP contribution in [0, 0.1) is 0 Å². The number of para-hydroxylation sites is 2. The van der Waals surface area contributed by atoms with E-state index in [0.29, 0.717) is 0 Å². The summed E-state index contributed by atoms with van der Waals surface area (Å²) >= 11 is 0. The second kappa shape index (κ2) is 1.41. The summed E-state index contributed by atoms with van der Waals surface area (Å²) in [5, 5.41) is 0. The van der Waals surface area contributed by atoms with Crippen LogP contribution in [0.3, 0.4) is 0 Å². The summed E-state index contributed by atoms with van der Waals surface area (Å²) in [7, 11) is 1.89. The number of aryl methyl sites for hydroxylation is 1. The Balaban J connectivity index is 2.81. The lowest BCUT2D eigenvalue weighted by Crippen LogP contribution is -1.95. The third-order valence-electron chi connectivity index (χ3n) is 1.44. The van der Waals surface area contributed by atoms with Gasteiger partial charge in [-0.3, -0.25) is 0 Å². The summed E-state index contributed by atoms with van der Waals surface area (Å²) < 4.78 is 6.86. The van der Waals surface area contributed by atoms with Crippen LogP contribution < -0.4 is 0 Å². The highest BCUT2D eigenvalue weighted by molar-refractivity contribution is 5.73. The van der Waals surface area contributed by atoms with Gasteiger partial charge in [0.25, 0.3) is 0 Å². The van der Waals surface area contributed by atoms with Gasteiger partial charge in [0, 0.05) is 7.05 Å². The molecule has 46 valence electrons. The number of aromatic nitrogens is 1. The van der Waals surface area contributed by atoms with E-state index in [2.05, 4.69) is 0 Å². The SMILES string of the molecule is Cn1oc2ccccc21. The van der Waals surface area contributed by atoms with E-state index in [4.69, 9.17) is 4.52 Å². The molecule has 0 unspecified atom stereocenters. The number of nitrogens with zero attached hydrogens (tertiary/aromatic N) is 1. The molecule has 2 aromatic rings. The molecule has 1 heterocycles. The predicted molar refractivity (Wildman–Crippen MR) is 35.2 cm³/mol. The van der Waals surface area contributed by atoms with Crippen molar-refractivity contribution in [2.75, 3.05) is 0 Å². The lowest BCUT2D eigenvalue weighted by atomic mass is 10.3. The molecule has 0 amide bonds. The van der Waals surface area contributed by atoms with Gasteiger partial charge in [0.05, 0.1) is 0 Å². The van der Waals surface area contributed by atoms with Gasteiger partial charge in [0.2, 0.25) is 0 Å². The van der Waals surface area contributed by atoms with Crippen molar-refractivity contribution in [1.29, 1.82) is 0 Å². The van der Waals surface area contributed by atoms with E-state index < -0.39 is 0 Å². The highest BCUT2D eigenvalue weighted by Crippen LogP contribution is 2.15. The topological polar surface area (TPSA) is 18.1 Å². The molecule has 0 saturated carbocycles. The standard InChI is InChI=1S/C7H7NO/c1-8-6-4-2-3-5-7(6)9-8/h2-5H,1H3. The van der Waals surface area contributed by atoms with Crippen LogP contribution in [-0.4, -0.2) is 4.74 Å². The summed E-state index contributed by atoms with van der Waals surface area (Å²) in [4.78, 5) is 0. The molecule has 9 heavy (non-hydrogen) atoms. The van der Waals surface area contributed by atoms with Crippen LogP contribution in [0.5, 0.6) is 0 Å². The van der Waals surface area contributed by atoms with Gasteiger partial charge in [-0.2, -0.15) is 0 Å². The molecule has 1 aromatic carbocycles. The quantitative estimate of drug-likeness (QED) is 0.519. The third-order valence-corrected chi connectivity index (χ3v) is 1.44. The summed E-state index contributed by atoms with van der Waals surface area (Å²) in [5.74, 6) is 0. The molecule has 2 rings (SSSR count). The zero-order valence-electron chi connectivity index (χ0n) is 5.16. The van der Waals surface area contributed by atoms with E-state index in [1.807, 2.05) is 31.3 Å². The van der Waals surface area contributed by atoms with Crippen molar-refractivity contribution in [1.82, 2.24) is 4.74 Å². The van der Waals surface area contributed by atoms with E-state index in [0.717, 1.165) is 11.1 Å². The molecule has 0 aliphatic heterocycles. The minimum Gasteiger partial charge on any atom is -0.377 e. The molecule has 1 aromatic heterocycles. The van der Waals surface area contributed by atoms with Gasteiger partial charge < -0.3 is 4.52 Å².